The summed E-state index contributed by atoms with van der Waals surface area (Å²) in [5.74, 6) is -0.278. The average Bonchev–Trinajstić information content (AvgIpc) is 2.80. The maximum atomic E-state index is 12.0. The number of nitro groups is 1. The molecule has 0 saturated heterocycles. The number of hydrogen-bond donors (Lipinski definition) is 1. The molecule has 2 rings (SSSR count). The standard InChI is InChI=1S/C16H18N4O4/c1-10-16(20(23)24)11(2)19(18-10)9-8-15(22)17-14-6-4-13(5-7-14)12(3)21/h4-7H,8-9H2,1-3H3,(H,17,22). The van der Waals surface area contributed by atoms with Crippen molar-refractivity contribution in [2.75, 3.05) is 5.32 Å². The molecule has 1 aromatic heterocycles. The van der Waals surface area contributed by atoms with Crippen molar-refractivity contribution in [3.8, 4) is 0 Å². The number of amides is 1. The first kappa shape index (κ1) is 17.3. The number of aryl methyl sites for hydroxylation is 2. The minimum atomic E-state index is -0.467. The number of hydrogen-bond acceptors (Lipinski definition) is 5. The number of carbonyl (C=O) groups is 2. The predicted octanol–water partition coefficient (Wildman–Crippen LogP) is 2.64. The summed E-state index contributed by atoms with van der Waals surface area (Å²) < 4.78 is 1.46. The fourth-order valence-corrected chi connectivity index (χ4v) is 2.39. The van der Waals surface area contributed by atoms with Crippen molar-refractivity contribution < 1.29 is 14.5 Å². The van der Waals surface area contributed by atoms with Crippen LogP contribution in [0.3, 0.4) is 0 Å². The van der Waals surface area contributed by atoms with E-state index in [4.69, 9.17) is 0 Å². The van der Waals surface area contributed by atoms with Crippen LogP contribution in [0.5, 0.6) is 0 Å². The van der Waals surface area contributed by atoms with Gasteiger partial charge < -0.3 is 5.32 Å². The molecule has 0 aliphatic heterocycles. The van der Waals surface area contributed by atoms with Crippen LogP contribution in [0.15, 0.2) is 24.3 Å². The highest BCUT2D eigenvalue weighted by atomic mass is 16.6. The molecule has 8 heteroatoms. The second-order valence-corrected chi connectivity index (χ2v) is 5.43. The van der Waals surface area contributed by atoms with Gasteiger partial charge in [-0.3, -0.25) is 24.4 Å². The lowest BCUT2D eigenvalue weighted by atomic mass is 10.1. The van der Waals surface area contributed by atoms with Gasteiger partial charge in [-0.25, -0.2) is 0 Å². The summed E-state index contributed by atoms with van der Waals surface area (Å²) in [5, 5.41) is 17.8. The minimum absolute atomic E-state index is 0.0183. The van der Waals surface area contributed by atoms with E-state index < -0.39 is 4.92 Å². The van der Waals surface area contributed by atoms with Gasteiger partial charge in [0.25, 0.3) is 0 Å². The summed E-state index contributed by atoms with van der Waals surface area (Å²) >= 11 is 0. The molecule has 0 bridgehead atoms. The molecule has 0 saturated carbocycles. The summed E-state index contributed by atoms with van der Waals surface area (Å²) in [6.07, 6.45) is 0.133. The van der Waals surface area contributed by atoms with Crippen LogP contribution in [0.25, 0.3) is 0 Å². The fourth-order valence-electron chi connectivity index (χ4n) is 2.39. The Morgan fingerprint density at radius 1 is 1.25 bits per heavy atom. The Balaban J connectivity index is 1.97. The molecular weight excluding hydrogens is 312 g/mol. The first-order valence-corrected chi connectivity index (χ1v) is 7.39. The zero-order valence-corrected chi connectivity index (χ0v) is 13.7. The highest BCUT2D eigenvalue weighted by Gasteiger charge is 2.21. The van der Waals surface area contributed by atoms with E-state index in [1.165, 1.54) is 11.6 Å². The van der Waals surface area contributed by atoms with Crippen LogP contribution in [-0.4, -0.2) is 26.4 Å². The van der Waals surface area contributed by atoms with E-state index in [1.54, 1.807) is 38.1 Å². The number of ketones is 1. The summed E-state index contributed by atoms with van der Waals surface area (Å²) in [7, 11) is 0. The van der Waals surface area contributed by atoms with Gasteiger partial charge >= 0.3 is 5.69 Å². The molecule has 1 heterocycles. The van der Waals surface area contributed by atoms with Gasteiger partial charge in [0.2, 0.25) is 5.91 Å². The SMILES string of the molecule is CC(=O)c1ccc(NC(=O)CCn2nc(C)c([N+](=O)[O-])c2C)cc1. The number of rotatable bonds is 6. The molecule has 1 N–H and O–H groups in total. The molecule has 8 nitrogen and oxygen atoms in total. The van der Waals surface area contributed by atoms with E-state index in [0.717, 1.165) is 0 Å². The second-order valence-electron chi connectivity index (χ2n) is 5.43. The number of Topliss-reactive ketones (excluding diaryl/α,β-unsaturated/α-hetero) is 1. The number of nitrogens with zero attached hydrogens (tertiary/aromatic N) is 3. The molecule has 0 aliphatic carbocycles. The molecular formula is C16H18N4O4. The Morgan fingerprint density at radius 3 is 2.38 bits per heavy atom. The van der Waals surface area contributed by atoms with E-state index in [-0.39, 0.29) is 30.3 Å². The van der Waals surface area contributed by atoms with Gasteiger partial charge in [-0.05, 0) is 45.0 Å². The van der Waals surface area contributed by atoms with Crippen LogP contribution in [0.2, 0.25) is 0 Å². The summed E-state index contributed by atoms with van der Waals surface area (Å²) in [6.45, 7) is 4.90. The zero-order chi connectivity index (χ0) is 17.9. The summed E-state index contributed by atoms with van der Waals surface area (Å²) in [4.78, 5) is 33.7. The lowest BCUT2D eigenvalue weighted by molar-refractivity contribution is -0.386. The molecule has 0 fully saturated rings. The highest BCUT2D eigenvalue weighted by Crippen LogP contribution is 2.22. The third-order valence-electron chi connectivity index (χ3n) is 3.65. The third-order valence-corrected chi connectivity index (χ3v) is 3.65. The number of anilines is 1. The van der Waals surface area contributed by atoms with Gasteiger partial charge in [0.1, 0.15) is 11.4 Å². The van der Waals surface area contributed by atoms with Crippen LogP contribution in [-0.2, 0) is 11.3 Å². The smallest absolute Gasteiger partial charge is 0.312 e. The maximum absolute atomic E-state index is 12.0. The van der Waals surface area contributed by atoms with Gasteiger partial charge in [0, 0.05) is 17.7 Å². The minimum Gasteiger partial charge on any atom is -0.326 e. The summed E-state index contributed by atoms with van der Waals surface area (Å²) in [5.41, 5.74) is 1.90. The van der Waals surface area contributed by atoms with Crippen LogP contribution < -0.4 is 5.32 Å². The molecule has 24 heavy (non-hydrogen) atoms. The number of nitrogens with one attached hydrogen (secondary N) is 1. The fraction of sp³-hybridized carbons (Fsp3) is 0.312. The first-order valence-electron chi connectivity index (χ1n) is 7.39. The van der Waals surface area contributed by atoms with E-state index in [9.17, 15) is 19.7 Å². The maximum Gasteiger partial charge on any atom is 0.312 e. The van der Waals surface area contributed by atoms with Gasteiger partial charge in [-0.15, -0.1) is 0 Å². The lowest BCUT2D eigenvalue weighted by Crippen LogP contribution is -2.15. The van der Waals surface area contributed by atoms with Crippen molar-refractivity contribution in [1.29, 1.82) is 0 Å². The quantitative estimate of drug-likeness (QED) is 0.498. The largest absolute Gasteiger partial charge is 0.326 e. The van der Waals surface area contributed by atoms with Crippen molar-refractivity contribution in [2.45, 2.75) is 33.7 Å². The molecule has 2 aromatic rings. The third kappa shape index (κ3) is 3.83. The van der Waals surface area contributed by atoms with Crippen LogP contribution in [0, 0.1) is 24.0 Å². The zero-order valence-electron chi connectivity index (χ0n) is 13.7. The Bertz CT molecular complexity index is 793. The normalized spacial score (nSPS) is 10.5. The van der Waals surface area contributed by atoms with Gasteiger partial charge in [-0.2, -0.15) is 5.10 Å². The molecule has 0 aliphatic rings. The molecule has 1 amide bonds. The van der Waals surface area contributed by atoms with Crippen molar-refractivity contribution in [1.82, 2.24) is 9.78 Å². The predicted molar refractivity (Wildman–Crippen MR) is 88.0 cm³/mol. The molecule has 0 spiro atoms. The van der Waals surface area contributed by atoms with Crippen LogP contribution >= 0.6 is 0 Å². The van der Waals surface area contributed by atoms with Crippen molar-refractivity contribution in [2.24, 2.45) is 0 Å². The Hall–Kier alpha value is -3.03. The van der Waals surface area contributed by atoms with E-state index in [2.05, 4.69) is 10.4 Å². The first-order chi connectivity index (χ1) is 11.3. The van der Waals surface area contributed by atoms with E-state index in [0.29, 0.717) is 22.6 Å². The van der Waals surface area contributed by atoms with Gasteiger partial charge in [-0.1, -0.05) is 0 Å². The Morgan fingerprint density at radius 2 is 1.88 bits per heavy atom. The van der Waals surface area contributed by atoms with Crippen LogP contribution in [0.4, 0.5) is 11.4 Å². The summed E-state index contributed by atoms with van der Waals surface area (Å²) in [6, 6.07) is 6.59. The number of benzene rings is 1. The van der Waals surface area contributed by atoms with E-state index >= 15 is 0 Å². The van der Waals surface area contributed by atoms with Crippen molar-refractivity contribution >= 4 is 23.1 Å². The molecule has 0 atom stereocenters. The Labute approximate surface area is 138 Å². The highest BCUT2D eigenvalue weighted by molar-refractivity contribution is 5.95. The number of aromatic nitrogens is 2. The second kappa shape index (κ2) is 7.03. The Kier molecular flexibility index (Phi) is 5.08. The average molecular weight is 330 g/mol. The number of carbonyl (C=O) groups excluding carboxylic acids is 2. The molecule has 126 valence electrons. The topological polar surface area (TPSA) is 107 Å². The van der Waals surface area contributed by atoms with Gasteiger partial charge in [0.05, 0.1) is 11.5 Å². The van der Waals surface area contributed by atoms with Gasteiger partial charge in [0.15, 0.2) is 5.78 Å². The van der Waals surface area contributed by atoms with Crippen molar-refractivity contribution in [3.63, 3.8) is 0 Å². The molecule has 0 radical (unpaired) electrons. The lowest BCUT2D eigenvalue weighted by Gasteiger charge is -2.07. The molecule has 1 aromatic carbocycles. The van der Waals surface area contributed by atoms with E-state index in [1.807, 2.05) is 0 Å². The van der Waals surface area contributed by atoms with Crippen molar-refractivity contribution in [3.05, 3.63) is 51.3 Å². The molecule has 0 unspecified atom stereocenters. The van der Waals surface area contributed by atoms with Crippen LogP contribution in [0.1, 0.15) is 35.1 Å². The monoisotopic (exact) mass is 330 g/mol.